The van der Waals surface area contributed by atoms with Gasteiger partial charge in [-0.1, -0.05) is 41.7 Å². The van der Waals surface area contributed by atoms with Crippen LogP contribution in [0, 0.1) is 6.92 Å². The number of morpholine rings is 1. The van der Waals surface area contributed by atoms with Crippen LogP contribution in [0.15, 0.2) is 91.2 Å². The summed E-state index contributed by atoms with van der Waals surface area (Å²) in [6.07, 6.45) is 4.14. The highest BCUT2D eigenvalue weighted by atomic mass is 32.2. The second-order valence-electron chi connectivity index (χ2n) is 10.1. The molecule has 0 spiro atoms. The molecule has 3 aliphatic rings. The lowest BCUT2D eigenvalue weighted by Crippen LogP contribution is -2.36. The number of aromatic nitrogens is 2. The Morgan fingerprint density at radius 3 is 2.63 bits per heavy atom. The molecule has 1 saturated carbocycles. The Bertz CT molecular complexity index is 1570. The summed E-state index contributed by atoms with van der Waals surface area (Å²) in [5, 5.41) is 3.78. The molecule has 2 aliphatic heterocycles. The van der Waals surface area contributed by atoms with Crippen LogP contribution in [-0.2, 0) is 10.3 Å². The minimum absolute atomic E-state index is 0.0587. The van der Waals surface area contributed by atoms with E-state index in [1.807, 2.05) is 6.20 Å². The zero-order valence-electron chi connectivity index (χ0n) is 21.1. The van der Waals surface area contributed by atoms with Gasteiger partial charge in [0.25, 0.3) is 0 Å². The number of nitrogens with zero attached hydrogens (tertiary/aromatic N) is 2. The molecular formula is C30H28N4O2S2. The minimum Gasteiger partial charge on any atom is -0.378 e. The molecule has 38 heavy (non-hydrogen) atoms. The van der Waals surface area contributed by atoms with Gasteiger partial charge in [0.1, 0.15) is 0 Å². The molecule has 2 aromatic carbocycles. The molecule has 0 amide bonds. The highest BCUT2D eigenvalue weighted by molar-refractivity contribution is 8.05. The fourth-order valence-electron chi connectivity index (χ4n) is 5.17. The lowest BCUT2D eigenvalue weighted by molar-refractivity contribution is 0.122. The molecule has 0 unspecified atom stereocenters. The number of anilines is 2. The molecule has 0 radical (unpaired) electrons. The topological polar surface area (TPSA) is 70.2 Å². The van der Waals surface area contributed by atoms with E-state index < -0.39 is 0 Å². The largest absolute Gasteiger partial charge is 0.378 e. The zero-order valence-corrected chi connectivity index (χ0v) is 22.8. The second kappa shape index (κ2) is 9.52. The average molecular weight is 541 g/mol. The van der Waals surface area contributed by atoms with Crippen molar-refractivity contribution in [2.45, 2.75) is 44.9 Å². The van der Waals surface area contributed by atoms with Crippen LogP contribution in [0.1, 0.15) is 24.1 Å². The Hall–Kier alpha value is -3.20. The van der Waals surface area contributed by atoms with Crippen LogP contribution in [0.25, 0.3) is 11.3 Å². The van der Waals surface area contributed by atoms with E-state index in [9.17, 15) is 4.79 Å². The van der Waals surface area contributed by atoms with Gasteiger partial charge in [0.15, 0.2) is 0 Å². The van der Waals surface area contributed by atoms with Crippen molar-refractivity contribution in [1.29, 1.82) is 0 Å². The number of fused-ring (bicyclic) bond motifs is 2. The van der Waals surface area contributed by atoms with E-state index in [4.69, 9.17) is 9.72 Å². The van der Waals surface area contributed by atoms with E-state index in [2.05, 4.69) is 76.7 Å². The first-order valence-electron chi connectivity index (χ1n) is 13.0. The predicted molar refractivity (Wildman–Crippen MR) is 154 cm³/mol. The van der Waals surface area contributed by atoms with Crippen molar-refractivity contribution in [2.24, 2.45) is 0 Å². The Kier molecular flexibility index (Phi) is 5.98. The third-order valence-corrected chi connectivity index (χ3v) is 9.98. The first-order valence-corrected chi connectivity index (χ1v) is 14.6. The number of hydrogen-bond donors (Lipinski definition) is 2. The van der Waals surface area contributed by atoms with Crippen LogP contribution in [0.2, 0.25) is 0 Å². The fourth-order valence-corrected chi connectivity index (χ4v) is 7.58. The molecule has 1 saturated heterocycles. The second-order valence-corrected chi connectivity index (χ2v) is 12.3. The van der Waals surface area contributed by atoms with E-state index in [-0.39, 0.29) is 11.1 Å². The molecule has 2 aromatic heterocycles. The van der Waals surface area contributed by atoms with Crippen molar-refractivity contribution in [2.75, 3.05) is 36.5 Å². The molecule has 7 rings (SSSR count). The fraction of sp³-hybridized carbons (Fsp3) is 0.267. The third kappa shape index (κ3) is 4.51. The maximum absolute atomic E-state index is 12.6. The maximum atomic E-state index is 12.6. The van der Waals surface area contributed by atoms with Crippen LogP contribution in [0.5, 0.6) is 0 Å². The molecule has 4 heterocycles. The van der Waals surface area contributed by atoms with Crippen LogP contribution >= 0.6 is 23.5 Å². The molecule has 2 N–H and O–H groups in total. The molecule has 192 valence electrons. The van der Waals surface area contributed by atoms with Gasteiger partial charge >= 0.3 is 0 Å². The van der Waals surface area contributed by atoms with Crippen LogP contribution < -0.4 is 15.8 Å². The van der Waals surface area contributed by atoms with E-state index in [1.165, 1.54) is 25.1 Å². The summed E-state index contributed by atoms with van der Waals surface area (Å²) in [5.74, 6) is 0. The quantitative estimate of drug-likeness (QED) is 0.271. The number of benzene rings is 2. The van der Waals surface area contributed by atoms with Crippen molar-refractivity contribution < 1.29 is 4.74 Å². The molecule has 4 aromatic rings. The van der Waals surface area contributed by atoms with Gasteiger partial charge in [-0.25, -0.2) is 0 Å². The van der Waals surface area contributed by atoms with Crippen molar-refractivity contribution in [3.05, 3.63) is 88.5 Å². The van der Waals surface area contributed by atoms with Crippen LogP contribution in [0.3, 0.4) is 0 Å². The van der Waals surface area contributed by atoms with E-state index in [1.54, 1.807) is 29.6 Å². The summed E-state index contributed by atoms with van der Waals surface area (Å²) in [7, 11) is 0. The summed E-state index contributed by atoms with van der Waals surface area (Å²) < 4.78 is 5.50. The zero-order chi connectivity index (χ0) is 25.7. The number of pyridine rings is 2. The standard InChI is InChI=1S/C30H28N4O2S2/c1-19-5-8-27(31-18-19)30(9-10-30)33-20-6-7-24-26(15-20)37-25-4-2-3-22(29(25)38-24)23-16-21(17-28(35)32-23)34-11-13-36-14-12-34/h2-8,15-18,33H,9-14H2,1H3,(H,32,35). The smallest absolute Gasteiger partial charge is 0.250 e. The van der Waals surface area contributed by atoms with Gasteiger partial charge in [-0.05, 0) is 61.7 Å². The van der Waals surface area contributed by atoms with Crippen LogP contribution in [-0.4, -0.2) is 36.3 Å². The van der Waals surface area contributed by atoms with Crippen LogP contribution in [0.4, 0.5) is 11.4 Å². The Balaban J connectivity index is 1.17. The summed E-state index contributed by atoms with van der Waals surface area (Å²) in [6, 6.07) is 21.1. The first kappa shape index (κ1) is 23.9. The monoisotopic (exact) mass is 540 g/mol. The highest BCUT2D eigenvalue weighted by Gasteiger charge is 2.45. The average Bonchev–Trinajstić information content (AvgIpc) is 3.72. The normalized spacial score (nSPS) is 17.4. The van der Waals surface area contributed by atoms with Gasteiger partial charge < -0.3 is 19.9 Å². The number of nitrogens with one attached hydrogen (secondary N) is 2. The van der Waals surface area contributed by atoms with Crippen molar-refractivity contribution in [3.63, 3.8) is 0 Å². The van der Waals surface area contributed by atoms with Gasteiger partial charge in [0.05, 0.1) is 30.1 Å². The van der Waals surface area contributed by atoms with E-state index in [0.29, 0.717) is 13.2 Å². The number of H-pyrrole nitrogens is 1. The molecule has 6 nitrogen and oxygen atoms in total. The Labute approximate surface area is 230 Å². The molecule has 8 heteroatoms. The van der Waals surface area contributed by atoms with E-state index in [0.717, 1.165) is 54.3 Å². The minimum atomic E-state index is -0.0803. The first-order chi connectivity index (χ1) is 18.6. The third-order valence-electron chi connectivity index (χ3n) is 7.39. The Morgan fingerprint density at radius 2 is 1.84 bits per heavy atom. The summed E-state index contributed by atoms with van der Waals surface area (Å²) >= 11 is 3.57. The molecular weight excluding hydrogens is 512 g/mol. The van der Waals surface area contributed by atoms with Crippen molar-refractivity contribution in [1.82, 2.24) is 9.97 Å². The number of rotatable bonds is 5. The highest BCUT2D eigenvalue weighted by Crippen LogP contribution is 2.53. The Morgan fingerprint density at radius 1 is 0.974 bits per heavy atom. The van der Waals surface area contributed by atoms with Gasteiger partial charge in [0, 0.05) is 61.9 Å². The van der Waals surface area contributed by atoms with Gasteiger partial charge in [-0.2, -0.15) is 0 Å². The predicted octanol–water partition coefficient (Wildman–Crippen LogP) is 6.30. The van der Waals surface area contributed by atoms with Crippen molar-refractivity contribution >= 4 is 34.9 Å². The number of ether oxygens (including phenoxy) is 1. The molecule has 2 fully saturated rings. The lowest BCUT2D eigenvalue weighted by atomic mass is 10.1. The SMILES string of the molecule is Cc1ccc(C2(Nc3ccc4c(c3)Sc3cccc(-c5cc(N6CCOCC6)cc(=O)[nH]5)c3S4)CC2)nc1. The van der Waals surface area contributed by atoms with Gasteiger partial charge in [-0.3, -0.25) is 9.78 Å². The molecule has 1 aliphatic carbocycles. The molecule has 0 bridgehead atoms. The summed E-state index contributed by atoms with van der Waals surface area (Å²) in [5.41, 5.74) is 6.15. The maximum Gasteiger partial charge on any atom is 0.250 e. The van der Waals surface area contributed by atoms with E-state index >= 15 is 0 Å². The summed E-state index contributed by atoms with van der Waals surface area (Å²) in [4.78, 5) is 27.5. The van der Waals surface area contributed by atoms with Gasteiger partial charge in [0.2, 0.25) is 5.56 Å². The number of aryl methyl sites for hydroxylation is 1. The number of aromatic amines is 1. The van der Waals surface area contributed by atoms with Crippen molar-refractivity contribution in [3.8, 4) is 11.3 Å². The molecule has 0 atom stereocenters. The summed E-state index contributed by atoms with van der Waals surface area (Å²) in [6.45, 7) is 5.04. The van der Waals surface area contributed by atoms with Gasteiger partial charge in [-0.15, -0.1) is 0 Å². The number of hydrogen-bond acceptors (Lipinski definition) is 7. The lowest BCUT2D eigenvalue weighted by Gasteiger charge is -2.29.